The van der Waals surface area contributed by atoms with Crippen molar-refractivity contribution in [3.05, 3.63) is 71.4 Å². The summed E-state index contributed by atoms with van der Waals surface area (Å²) in [4.78, 5) is 0. The number of hydrogen-bond donors (Lipinski definition) is 2. The van der Waals surface area contributed by atoms with Crippen molar-refractivity contribution >= 4 is 0 Å². The van der Waals surface area contributed by atoms with Gasteiger partial charge in [-0.1, -0.05) is 42.0 Å². The third kappa shape index (κ3) is 2.87. The number of hydrogen-bond acceptors (Lipinski definition) is 3. The lowest BCUT2D eigenvalue weighted by Crippen LogP contribution is -1.99. The number of aryl methyl sites for hydroxylation is 1. The molecule has 0 saturated heterocycles. The van der Waals surface area contributed by atoms with Crippen LogP contribution in [0.5, 0.6) is 5.75 Å². The van der Waals surface area contributed by atoms with Gasteiger partial charge in [0, 0.05) is 5.56 Å². The smallest absolute Gasteiger partial charge is 0.120 e. The first-order valence-electron chi connectivity index (χ1n) is 7.12. The zero-order valence-corrected chi connectivity index (χ0v) is 12.6. The minimum absolute atomic E-state index is 0.667. The molecule has 2 aromatic carbocycles. The number of nitrogens with one attached hydrogen (secondary N) is 1. The lowest BCUT2D eigenvalue weighted by molar-refractivity contribution is 0.215. The molecule has 0 amide bonds. The molecule has 112 valence electrons. The van der Waals surface area contributed by atoms with Crippen LogP contribution in [0.3, 0.4) is 0 Å². The highest BCUT2D eigenvalue weighted by atomic mass is 16.5. The van der Waals surface area contributed by atoms with E-state index in [1.54, 1.807) is 7.11 Å². The van der Waals surface area contributed by atoms with Gasteiger partial charge in [0.1, 0.15) is 11.9 Å². The van der Waals surface area contributed by atoms with Crippen molar-refractivity contribution in [3.8, 4) is 17.0 Å². The molecule has 0 fully saturated rings. The molecule has 0 aliphatic heterocycles. The lowest BCUT2D eigenvalue weighted by Gasteiger charge is -2.09. The highest BCUT2D eigenvalue weighted by molar-refractivity contribution is 5.60. The normalized spacial score (nSPS) is 12.1. The van der Waals surface area contributed by atoms with Gasteiger partial charge in [0.25, 0.3) is 0 Å². The molecule has 0 spiro atoms. The Morgan fingerprint density at radius 3 is 2.36 bits per heavy atom. The van der Waals surface area contributed by atoms with Crippen LogP contribution in [0.2, 0.25) is 0 Å². The topological polar surface area (TPSA) is 58.1 Å². The molecule has 0 aliphatic rings. The average molecular weight is 294 g/mol. The van der Waals surface area contributed by atoms with Crippen LogP contribution in [0.1, 0.15) is 22.9 Å². The summed E-state index contributed by atoms with van der Waals surface area (Å²) in [6.07, 6.45) is -0.738. The van der Waals surface area contributed by atoms with E-state index in [0.29, 0.717) is 5.69 Å². The zero-order valence-electron chi connectivity index (χ0n) is 12.6. The van der Waals surface area contributed by atoms with Crippen LogP contribution >= 0.6 is 0 Å². The van der Waals surface area contributed by atoms with Crippen molar-refractivity contribution in [1.82, 2.24) is 10.2 Å². The third-order valence-corrected chi connectivity index (χ3v) is 3.67. The molecule has 0 saturated carbocycles. The standard InChI is InChI=1S/C18H18N2O2/c1-12-3-5-13(6-4-12)16-11-17(20-19-16)18(21)14-7-9-15(22-2)10-8-14/h3-11,18,21H,1-2H3,(H,19,20). The number of aliphatic hydroxyl groups excluding tert-OH is 1. The number of benzene rings is 2. The molecule has 1 heterocycles. The molecule has 1 aromatic heterocycles. The van der Waals surface area contributed by atoms with E-state index in [1.807, 2.05) is 61.5 Å². The van der Waals surface area contributed by atoms with Crippen LogP contribution in [-0.4, -0.2) is 22.4 Å². The van der Waals surface area contributed by atoms with Gasteiger partial charge in [0.15, 0.2) is 0 Å². The largest absolute Gasteiger partial charge is 0.497 e. The predicted octanol–water partition coefficient (Wildman–Crippen LogP) is 3.48. The van der Waals surface area contributed by atoms with E-state index in [0.717, 1.165) is 22.6 Å². The minimum Gasteiger partial charge on any atom is -0.497 e. The number of aromatic amines is 1. The van der Waals surface area contributed by atoms with Crippen LogP contribution in [0, 0.1) is 6.92 Å². The van der Waals surface area contributed by atoms with Crippen LogP contribution in [-0.2, 0) is 0 Å². The average Bonchev–Trinajstić information content (AvgIpc) is 3.05. The van der Waals surface area contributed by atoms with Crippen LogP contribution in [0.25, 0.3) is 11.3 Å². The number of rotatable bonds is 4. The summed E-state index contributed by atoms with van der Waals surface area (Å²) in [6, 6.07) is 17.4. The van der Waals surface area contributed by atoms with E-state index < -0.39 is 6.10 Å². The second-order valence-electron chi connectivity index (χ2n) is 5.25. The quantitative estimate of drug-likeness (QED) is 0.774. The maximum Gasteiger partial charge on any atom is 0.120 e. The van der Waals surface area contributed by atoms with Gasteiger partial charge in [0.05, 0.1) is 18.5 Å². The fraction of sp³-hybridized carbons (Fsp3) is 0.167. The molecule has 0 bridgehead atoms. The molecule has 0 aliphatic carbocycles. The Hall–Kier alpha value is -2.59. The highest BCUT2D eigenvalue weighted by Crippen LogP contribution is 2.26. The lowest BCUT2D eigenvalue weighted by atomic mass is 10.0. The molecule has 4 heteroatoms. The summed E-state index contributed by atoms with van der Waals surface area (Å²) in [7, 11) is 1.62. The molecular weight excluding hydrogens is 276 g/mol. The molecule has 3 aromatic rings. The zero-order chi connectivity index (χ0) is 15.5. The number of aliphatic hydroxyl groups is 1. The highest BCUT2D eigenvalue weighted by Gasteiger charge is 2.14. The summed E-state index contributed by atoms with van der Waals surface area (Å²) in [5.41, 5.74) is 4.51. The monoisotopic (exact) mass is 294 g/mol. The van der Waals surface area contributed by atoms with E-state index in [9.17, 15) is 5.11 Å². The van der Waals surface area contributed by atoms with Crippen LogP contribution < -0.4 is 4.74 Å². The maximum absolute atomic E-state index is 10.4. The summed E-state index contributed by atoms with van der Waals surface area (Å²) in [6.45, 7) is 2.05. The summed E-state index contributed by atoms with van der Waals surface area (Å²) in [5, 5.41) is 17.6. The van der Waals surface area contributed by atoms with Crippen LogP contribution in [0.15, 0.2) is 54.6 Å². The molecule has 1 unspecified atom stereocenters. The molecule has 3 rings (SSSR count). The van der Waals surface area contributed by atoms with Crippen molar-refractivity contribution in [1.29, 1.82) is 0 Å². The molecule has 2 N–H and O–H groups in total. The Labute approximate surface area is 129 Å². The fourth-order valence-electron chi connectivity index (χ4n) is 2.31. The van der Waals surface area contributed by atoms with Crippen molar-refractivity contribution in [2.75, 3.05) is 7.11 Å². The van der Waals surface area contributed by atoms with Gasteiger partial charge in [-0.3, -0.25) is 5.10 Å². The van der Waals surface area contributed by atoms with Crippen molar-refractivity contribution in [3.63, 3.8) is 0 Å². The number of H-pyrrole nitrogens is 1. The van der Waals surface area contributed by atoms with E-state index in [4.69, 9.17) is 4.74 Å². The Balaban J connectivity index is 1.84. The molecule has 22 heavy (non-hydrogen) atoms. The van der Waals surface area contributed by atoms with E-state index in [2.05, 4.69) is 10.2 Å². The van der Waals surface area contributed by atoms with Gasteiger partial charge in [-0.15, -0.1) is 0 Å². The van der Waals surface area contributed by atoms with Gasteiger partial charge in [0.2, 0.25) is 0 Å². The van der Waals surface area contributed by atoms with Crippen molar-refractivity contribution in [2.45, 2.75) is 13.0 Å². The Morgan fingerprint density at radius 1 is 1.05 bits per heavy atom. The van der Waals surface area contributed by atoms with Crippen molar-refractivity contribution in [2.24, 2.45) is 0 Å². The number of aromatic nitrogens is 2. The van der Waals surface area contributed by atoms with Crippen LogP contribution in [0.4, 0.5) is 0 Å². The first kappa shape index (κ1) is 14.4. The third-order valence-electron chi connectivity index (χ3n) is 3.67. The Bertz CT molecular complexity index is 746. The fourth-order valence-corrected chi connectivity index (χ4v) is 2.31. The summed E-state index contributed by atoms with van der Waals surface area (Å²) < 4.78 is 5.12. The number of methoxy groups -OCH3 is 1. The second-order valence-corrected chi connectivity index (χ2v) is 5.25. The first-order chi connectivity index (χ1) is 10.7. The van der Waals surface area contributed by atoms with Gasteiger partial charge >= 0.3 is 0 Å². The molecule has 0 radical (unpaired) electrons. The summed E-state index contributed by atoms with van der Waals surface area (Å²) in [5.74, 6) is 0.765. The SMILES string of the molecule is COc1ccc(C(O)c2cc(-c3ccc(C)cc3)n[nH]2)cc1. The Kier molecular flexibility index (Phi) is 3.94. The number of ether oxygens (including phenoxy) is 1. The molecular formula is C18H18N2O2. The van der Waals surface area contributed by atoms with Gasteiger partial charge in [-0.2, -0.15) is 5.10 Å². The molecule has 1 atom stereocenters. The van der Waals surface area contributed by atoms with E-state index in [-0.39, 0.29) is 0 Å². The van der Waals surface area contributed by atoms with Gasteiger partial charge < -0.3 is 9.84 Å². The first-order valence-corrected chi connectivity index (χ1v) is 7.12. The van der Waals surface area contributed by atoms with Gasteiger partial charge in [-0.05, 0) is 30.7 Å². The number of nitrogens with zero attached hydrogens (tertiary/aromatic N) is 1. The second kappa shape index (κ2) is 6.03. The maximum atomic E-state index is 10.4. The summed E-state index contributed by atoms with van der Waals surface area (Å²) >= 11 is 0. The van der Waals surface area contributed by atoms with E-state index >= 15 is 0 Å². The minimum atomic E-state index is -0.738. The Morgan fingerprint density at radius 2 is 1.73 bits per heavy atom. The van der Waals surface area contributed by atoms with Crippen molar-refractivity contribution < 1.29 is 9.84 Å². The van der Waals surface area contributed by atoms with Gasteiger partial charge in [-0.25, -0.2) is 0 Å². The van der Waals surface area contributed by atoms with E-state index in [1.165, 1.54) is 5.56 Å². The predicted molar refractivity (Wildman–Crippen MR) is 85.8 cm³/mol. The molecule has 4 nitrogen and oxygen atoms in total.